The molecule has 1 fully saturated rings. The molecule has 104 valence electrons. The molecule has 1 aromatic carbocycles. The van der Waals surface area contributed by atoms with E-state index in [9.17, 15) is 13.6 Å². The second-order valence-corrected chi connectivity index (χ2v) is 6.17. The first-order valence-corrected chi connectivity index (χ1v) is 7.25. The van der Waals surface area contributed by atoms with Crippen molar-refractivity contribution < 1.29 is 13.6 Å². The van der Waals surface area contributed by atoms with E-state index in [2.05, 4.69) is 22.9 Å². The largest absolute Gasteiger partial charge is 0.342 e. The molecule has 0 bridgehead atoms. The van der Waals surface area contributed by atoms with E-state index in [4.69, 9.17) is 0 Å². The monoisotopic (exact) mass is 331 g/mol. The van der Waals surface area contributed by atoms with Crippen LogP contribution in [-0.4, -0.2) is 28.7 Å². The molecular weight excluding hydrogens is 316 g/mol. The quantitative estimate of drug-likeness (QED) is 0.762. The number of piperidine rings is 1. The van der Waals surface area contributed by atoms with Crippen LogP contribution in [0.5, 0.6) is 0 Å². The van der Waals surface area contributed by atoms with E-state index in [1.807, 2.05) is 0 Å². The molecule has 0 spiro atoms. The van der Waals surface area contributed by atoms with Gasteiger partial charge in [0, 0.05) is 23.5 Å². The van der Waals surface area contributed by atoms with Gasteiger partial charge in [-0.3, -0.25) is 4.79 Å². The Bertz CT molecular complexity index is 460. The number of alkyl halides is 1. The number of amides is 1. The minimum Gasteiger partial charge on any atom is -0.342 e. The Morgan fingerprint density at radius 2 is 2.05 bits per heavy atom. The summed E-state index contributed by atoms with van der Waals surface area (Å²) >= 11 is 3.56. The molecular formula is C14H16BrF2NO. The second-order valence-electron chi connectivity index (χ2n) is 5.00. The van der Waals surface area contributed by atoms with Crippen molar-refractivity contribution in [1.82, 2.24) is 4.90 Å². The minimum absolute atomic E-state index is 0.138. The van der Waals surface area contributed by atoms with Gasteiger partial charge in [0.25, 0.3) is 0 Å². The smallest absolute Gasteiger partial charge is 0.227 e. The maximum Gasteiger partial charge on any atom is 0.227 e. The van der Waals surface area contributed by atoms with Gasteiger partial charge in [-0.25, -0.2) is 8.78 Å². The van der Waals surface area contributed by atoms with E-state index < -0.39 is 11.6 Å². The topological polar surface area (TPSA) is 20.3 Å². The van der Waals surface area contributed by atoms with Crippen LogP contribution in [-0.2, 0) is 11.2 Å². The molecule has 1 aromatic rings. The first-order valence-electron chi connectivity index (χ1n) is 6.33. The van der Waals surface area contributed by atoms with E-state index in [0.29, 0.717) is 23.8 Å². The van der Waals surface area contributed by atoms with Gasteiger partial charge in [-0.15, -0.1) is 0 Å². The maximum atomic E-state index is 13.5. The van der Waals surface area contributed by atoms with Gasteiger partial charge in [0.15, 0.2) is 0 Å². The van der Waals surface area contributed by atoms with Crippen molar-refractivity contribution in [2.24, 2.45) is 5.92 Å². The Balaban J connectivity index is 2.05. The predicted molar refractivity (Wildman–Crippen MR) is 73.1 cm³/mol. The third-order valence-corrected chi connectivity index (χ3v) is 4.90. The van der Waals surface area contributed by atoms with E-state index in [-0.39, 0.29) is 17.9 Å². The van der Waals surface area contributed by atoms with E-state index >= 15 is 0 Å². The van der Waals surface area contributed by atoms with Crippen LogP contribution in [0.4, 0.5) is 8.78 Å². The number of likely N-dealkylation sites (tertiary alicyclic amines) is 1. The summed E-state index contributed by atoms with van der Waals surface area (Å²) < 4.78 is 27.0. The zero-order valence-corrected chi connectivity index (χ0v) is 12.3. The first kappa shape index (κ1) is 14.4. The highest BCUT2D eigenvalue weighted by Gasteiger charge is 2.27. The summed E-state index contributed by atoms with van der Waals surface area (Å²) in [4.78, 5) is 14.2. The molecule has 1 heterocycles. The molecule has 1 saturated heterocycles. The number of halogens is 3. The van der Waals surface area contributed by atoms with E-state index in [1.54, 1.807) is 4.90 Å². The standard InChI is InChI=1S/C14H16BrF2NO/c1-9-8-18(6-5-11(9)15)14(19)7-10-12(16)3-2-4-13(10)17/h2-4,9,11H,5-8H2,1H3. The van der Waals surface area contributed by atoms with Gasteiger partial charge >= 0.3 is 0 Å². The average molecular weight is 332 g/mol. The highest BCUT2D eigenvalue weighted by Crippen LogP contribution is 2.24. The summed E-state index contributed by atoms with van der Waals surface area (Å²) in [5.74, 6) is -1.17. The molecule has 5 heteroatoms. The average Bonchev–Trinajstić information content (AvgIpc) is 2.37. The van der Waals surface area contributed by atoms with Gasteiger partial charge < -0.3 is 4.90 Å². The number of carbonyl (C=O) groups is 1. The molecule has 0 saturated carbocycles. The molecule has 0 radical (unpaired) electrons. The number of hydrogen-bond donors (Lipinski definition) is 0. The van der Waals surface area contributed by atoms with Gasteiger partial charge in [-0.2, -0.15) is 0 Å². The molecule has 0 aliphatic carbocycles. The van der Waals surface area contributed by atoms with Gasteiger partial charge in [-0.05, 0) is 24.5 Å². The molecule has 2 nitrogen and oxygen atoms in total. The number of carbonyl (C=O) groups excluding carboxylic acids is 1. The van der Waals surface area contributed by atoms with Gasteiger partial charge in [0.2, 0.25) is 5.91 Å². The van der Waals surface area contributed by atoms with Crippen LogP contribution in [0, 0.1) is 17.6 Å². The third kappa shape index (κ3) is 3.32. The molecule has 1 aliphatic rings. The summed E-state index contributed by atoms with van der Waals surface area (Å²) in [6.45, 7) is 3.32. The summed E-state index contributed by atoms with van der Waals surface area (Å²) in [7, 11) is 0. The van der Waals surface area contributed by atoms with E-state index in [1.165, 1.54) is 18.2 Å². The highest BCUT2D eigenvalue weighted by atomic mass is 79.9. The molecule has 2 rings (SSSR count). The Morgan fingerprint density at radius 3 is 2.63 bits per heavy atom. The van der Waals surface area contributed by atoms with Gasteiger partial charge in [0.05, 0.1) is 6.42 Å². The highest BCUT2D eigenvalue weighted by molar-refractivity contribution is 9.09. The van der Waals surface area contributed by atoms with Crippen LogP contribution in [0.3, 0.4) is 0 Å². The normalized spacial score (nSPS) is 23.5. The van der Waals surface area contributed by atoms with Crippen LogP contribution < -0.4 is 0 Å². The predicted octanol–water partition coefficient (Wildman–Crippen LogP) is 3.14. The van der Waals surface area contributed by atoms with Crippen LogP contribution in [0.15, 0.2) is 18.2 Å². The van der Waals surface area contributed by atoms with Crippen LogP contribution >= 0.6 is 15.9 Å². The Labute approximate surface area is 119 Å². The summed E-state index contributed by atoms with van der Waals surface area (Å²) in [6.07, 6.45) is 0.658. The number of benzene rings is 1. The first-order chi connectivity index (χ1) is 8.99. The van der Waals surface area contributed by atoms with Crippen molar-refractivity contribution in [2.75, 3.05) is 13.1 Å². The summed E-state index contributed by atoms with van der Waals surface area (Å²) in [5.41, 5.74) is -0.138. The van der Waals surface area contributed by atoms with Crippen molar-refractivity contribution >= 4 is 21.8 Å². The SMILES string of the molecule is CC1CN(C(=O)Cc2c(F)cccc2F)CCC1Br. The number of rotatable bonds is 2. The maximum absolute atomic E-state index is 13.5. The molecule has 0 aromatic heterocycles. The van der Waals surface area contributed by atoms with Crippen molar-refractivity contribution in [3.8, 4) is 0 Å². The molecule has 0 N–H and O–H groups in total. The number of hydrogen-bond acceptors (Lipinski definition) is 1. The van der Waals surface area contributed by atoms with Crippen molar-refractivity contribution in [3.63, 3.8) is 0 Å². The molecule has 1 aliphatic heterocycles. The minimum atomic E-state index is -0.656. The molecule has 2 atom stereocenters. The second kappa shape index (κ2) is 5.99. The third-order valence-electron chi connectivity index (χ3n) is 3.54. The lowest BCUT2D eigenvalue weighted by Gasteiger charge is -2.34. The fourth-order valence-electron chi connectivity index (χ4n) is 2.31. The van der Waals surface area contributed by atoms with Crippen LogP contribution in [0.2, 0.25) is 0 Å². The van der Waals surface area contributed by atoms with E-state index in [0.717, 1.165) is 6.42 Å². The molecule has 1 amide bonds. The lowest BCUT2D eigenvalue weighted by atomic mass is 9.99. The molecule has 2 unspecified atom stereocenters. The van der Waals surface area contributed by atoms with Crippen LogP contribution in [0.25, 0.3) is 0 Å². The Kier molecular flexibility index (Phi) is 4.55. The Hall–Kier alpha value is -0.970. The zero-order valence-electron chi connectivity index (χ0n) is 10.7. The molecule has 19 heavy (non-hydrogen) atoms. The fourth-order valence-corrected chi connectivity index (χ4v) is 2.68. The van der Waals surface area contributed by atoms with Crippen molar-refractivity contribution in [1.29, 1.82) is 0 Å². The van der Waals surface area contributed by atoms with Gasteiger partial charge in [0.1, 0.15) is 11.6 Å². The van der Waals surface area contributed by atoms with Crippen molar-refractivity contribution in [2.45, 2.75) is 24.6 Å². The number of nitrogens with zero attached hydrogens (tertiary/aromatic N) is 1. The van der Waals surface area contributed by atoms with Crippen molar-refractivity contribution in [3.05, 3.63) is 35.4 Å². The summed E-state index contributed by atoms with van der Waals surface area (Å²) in [6, 6.07) is 3.66. The Morgan fingerprint density at radius 1 is 1.42 bits per heavy atom. The zero-order chi connectivity index (χ0) is 14.0. The van der Waals surface area contributed by atoms with Crippen LogP contribution in [0.1, 0.15) is 18.9 Å². The summed E-state index contributed by atoms with van der Waals surface area (Å²) in [5, 5.41) is 0. The lowest BCUT2D eigenvalue weighted by molar-refractivity contribution is -0.132. The fraction of sp³-hybridized carbons (Fsp3) is 0.500. The lowest BCUT2D eigenvalue weighted by Crippen LogP contribution is -2.44. The van der Waals surface area contributed by atoms with Gasteiger partial charge in [-0.1, -0.05) is 28.9 Å².